The van der Waals surface area contributed by atoms with Crippen LogP contribution in [0.4, 0.5) is 5.82 Å². The number of carbonyl (C=O) groups is 1. The first kappa shape index (κ1) is 19.3. The molecule has 0 saturated carbocycles. The summed E-state index contributed by atoms with van der Waals surface area (Å²) in [6.07, 6.45) is 1.80. The van der Waals surface area contributed by atoms with Crippen molar-refractivity contribution in [3.8, 4) is 11.5 Å². The molecule has 1 heterocycles. The van der Waals surface area contributed by atoms with Gasteiger partial charge in [0, 0.05) is 22.8 Å². The molecular weight excluding hydrogens is 434 g/mol. The predicted octanol–water partition coefficient (Wildman–Crippen LogP) is 4.62. The van der Waals surface area contributed by atoms with E-state index in [-0.39, 0.29) is 5.91 Å². The van der Waals surface area contributed by atoms with Gasteiger partial charge in [0.2, 0.25) is 0 Å². The van der Waals surface area contributed by atoms with Crippen molar-refractivity contribution in [1.29, 1.82) is 0 Å². The zero-order chi connectivity index (χ0) is 19.4. The van der Waals surface area contributed by atoms with E-state index in [0.29, 0.717) is 38.9 Å². The highest BCUT2D eigenvalue weighted by atomic mass is 79.9. The van der Waals surface area contributed by atoms with E-state index in [2.05, 4.69) is 26.3 Å². The molecule has 0 radical (unpaired) electrons. The molecule has 3 rings (SSSR count). The van der Waals surface area contributed by atoms with E-state index in [1.807, 2.05) is 24.3 Å². The lowest BCUT2D eigenvalue weighted by Crippen LogP contribution is -2.13. The van der Waals surface area contributed by atoms with E-state index in [4.69, 9.17) is 21.1 Å². The Hall–Kier alpha value is -2.51. The summed E-state index contributed by atoms with van der Waals surface area (Å²) in [5.74, 6) is 1.18. The molecule has 140 valence electrons. The minimum atomic E-state index is -0.315. The van der Waals surface area contributed by atoms with Crippen molar-refractivity contribution in [3.05, 3.63) is 69.3 Å². The van der Waals surface area contributed by atoms with Crippen LogP contribution in [0.2, 0.25) is 5.02 Å². The van der Waals surface area contributed by atoms with Crippen molar-refractivity contribution < 1.29 is 14.3 Å². The number of aromatic nitrogens is 2. The van der Waals surface area contributed by atoms with Gasteiger partial charge in [-0.1, -0.05) is 23.7 Å². The molecule has 0 bridgehead atoms. The van der Waals surface area contributed by atoms with Gasteiger partial charge in [-0.2, -0.15) is 5.10 Å². The number of amides is 1. The number of benzene rings is 2. The van der Waals surface area contributed by atoms with Crippen molar-refractivity contribution in [3.63, 3.8) is 0 Å². The highest BCUT2D eigenvalue weighted by Gasteiger charge is 2.14. The van der Waals surface area contributed by atoms with Crippen molar-refractivity contribution in [1.82, 2.24) is 9.78 Å². The predicted molar refractivity (Wildman–Crippen MR) is 108 cm³/mol. The Kier molecular flexibility index (Phi) is 6.03. The minimum absolute atomic E-state index is 0.315. The van der Waals surface area contributed by atoms with E-state index >= 15 is 0 Å². The Bertz CT molecular complexity index is 935. The second-order valence-electron chi connectivity index (χ2n) is 5.71. The molecule has 0 aliphatic carbocycles. The van der Waals surface area contributed by atoms with Gasteiger partial charge in [0.05, 0.1) is 25.2 Å². The highest BCUT2D eigenvalue weighted by Crippen LogP contribution is 2.25. The average Bonchev–Trinajstić information content (AvgIpc) is 3.01. The molecule has 1 aromatic heterocycles. The van der Waals surface area contributed by atoms with Crippen LogP contribution in [0, 0.1) is 0 Å². The quantitative estimate of drug-likeness (QED) is 0.595. The zero-order valence-corrected chi connectivity index (χ0v) is 17.0. The van der Waals surface area contributed by atoms with E-state index in [0.717, 1.165) is 5.56 Å². The lowest BCUT2D eigenvalue weighted by molar-refractivity contribution is 0.102. The fourth-order valence-corrected chi connectivity index (χ4v) is 3.00. The number of hydrogen-bond donors (Lipinski definition) is 1. The fourth-order valence-electron chi connectivity index (χ4n) is 2.46. The number of anilines is 1. The summed E-state index contributed by atoms with van der Waals surface area (Å²) < 4.78 is 12.8. The molecule has 27 heavy (non-hydrogen) atoms. The van der Waals surface area contributed by atoms with Gasteiger partial charge in [0.15, 0.2) is 5.82 Å². The molecule has 0 unspecified atom stereocenters. The summed E-state index contributed by atoms with van der Waals surface area (Å²) in [5, 5.41) is 7.90. The Labute approximate surface area is 170 Å². The topological polar surface area (TPSA) is 65.4 Å². The second-order valence-corrected chi connectivity index (χ2v) is 7.00. The number of halogens is 2. The number of ether oxygens (including phenoxy) is 2. The van der Waals surface area contributed by atoms with E-state index < -0.39 is 0 Å². The third-order valence-corrected chi connectivity index (χ3v) is 4.65. The maximum Gasteiger partial charge on any atom is 0.257 e. The van der Waals surface area contributed by atoms with Crippen LogP contribution in [0.5, 0.6) is 11.5 Å². The summed E-state index contributed by atoms with van der Waals surface area (Å²) in [4.78, 5) is 12.6. The summed E-state index contributed by atoms with van der Waals surface area (Å²) in [6.45, 7) is 0.554. The zero-order valence-electron chi connectivity index (χ0n) is 14.7. The molecule has 0 aliphatic heterocycles. The van der Waals surface area contributed by atoms with Crippen molar-refractivity contribution in [2.45, 2.75) is 6.54 Å². The number of hydrogen-bond acceptors (Lipinski definition) is 4. The van der Waals surface area contributed by atoms with E-state index in [9.17, 15) is 4.79 Å². The molecule has 0 spiro atoms. The Morgan fingerprint density at radius 1 is 1.15 bits per heavy atom. The maximum atomic E-state index is 12.6. The number of rotatable bonds is 6. The fraction of sp³-hybridized carbons (Fsp3) is 0.158. The van der Waals surface area contributed by atoms with Crippen molar-refractivity contribution in [2.75, 3.05) is 19.5 Å². The van der Waals surface area contributed by atoms with Gasteiger partial charge in [0.1, 0.15) is 11.5 Å². The molecule has 0 atom stereocenters. The standard InChI is InChI=1S/C19H17BrClN3O3/c1-26-15-7-13(8-16(9-15)27-2)19(25)22-18-17(20)11-24(23-18)10-12-3-5-14(21)6-4-12/h3-9,11H,10H2,1-2H3,(H,22,23,25). The average molecular weight is 451 g/mol. The first-order chi connectivity index (χ1) is 13.0. The first-order valence-electron chi connectivity index (χ1n) is 8.00. The lowest BCUT2D eigenvalue weighted by atomic mass is 10.2. The van der Waals surface area contributed by atoms with Gasteiger partial charge in [-0.15, -0.1) is 0 Å². The second kappa shape index (κ2) is 8.45. The third kappa shape index (κ3) is 4.81. The summed E-state index contributed by atoms with van der Waals surface area (Å²) in [5.41, 5.74) is 1.45. The SMILES string of the molecule is COc1cc(OC)cc(C(=O)Nc2nn(Cc3ccc(Cl)cc3)cc2Br)c1. The molecule has 8 heteroatoms. The Balaban J connectivity index is 1.76. The first-order valence-corrected chi connectivity index (χ1v) is 9.17. The van der Waals surface area contributed by atoms with Gasteiger partial charge in [-0.3, -0.25) is 9.48 Å². The number of nitrogens with zero attached hydrogens (tertiary/aromatic N) is 2. The lowest BCUT2D eigenvalue weighted by Gasteiger charge is -2.08. The molecule has 0 aliphatic rings. The van der Waals surface area contributed by atoms with Crippen LogP contribution in [0.15, 0.2) is 53.1 Å². The van der Waals surface area contributed by atoms with Gasteiger partial charge < -0.3 is 14.8 Å². The molecular formula is C19H17BrClN3O3. The van der Waals surface area contributed by atoms with Gasteiger partial charge in [0.25, 0.3) is 5.91 Å². The van der Waals surface area contributed by atoms with Crippen LogP contribution in [0.3, 0.4) is 0 Å². The molecule has 0 fully saturated rings. The maximum absolute atomic E-state index is 12.6. The van der Waals surface area contributed by atoms with Crippen LogP contribution in [-0.2, 0) is 6.54 Å². The molecule has 3 aromatic rings. The van der Waals surface area contributed by atoms with Crippen molar-refractivity contribution in [2.24, 2.45) is 0 Å². The smallest absolute Gasteiger partial charge is 0.257 e. The number of nitrogens with one attached hydrogen (secondary N) is 1. The highest BCUT2D eigenvalue weighted by molar-refractivity contribution is 9.10. The monoisotopic (exact) mass is 449 g/mol. The number of carbonyl (C=O) groups excluding carboxylic acids is 1. The van der Waals surface area contributed by atoms with Crippen LogP contribution < -0.4 is 14.8 Å². The molecule has 1 N–H and O–H groups in total. The van der Waals surface area contributed by atoms with Gasteiger partial charge in [-0.05, 0) is 45.8 Å². The van der Waals surface area contributed by atoms with Crippen LogP contribution in [-0.4, -0.2) is 29.9 Å². The van der Waals surface area contributed by atoms with Gasteiger partial charge >= 0.3 is 0 Å². The largest absolute Gasteiger partial charge is 0.497 e. The molecule has 0 saturated heterocycles. The van der Waals surface area contributed by atoms with Crippen molar-refractivity contribution >= 4 is 39.3 Å². The van der Waals surface area contributed by atoms with E-state index in [1.54, 1.807) is 29.1 Å². The minimum Gasteiger partial charge on any atom is -0.497 e. The summed E-state index contributed by atoms with van der Waals surface area (Å²) >= 11 is 9.34. The van der Waals surface area contributed by atoms with Gasteiger partial charge in [-0.25, -0.2) is 0 Å². The summed E-state index contributed by atoms with van der Waals surface area (Å²) in [7, 11) is 3.07. The summed E-state index contributed by atoms with van der Waals surface area (Å²) in [6, 6.07) is 12.5. The van der Waals surface area contributed by atoms with Crippen LogP contribution in [0.1, 0.15) is 15.9 Å². The normalized spacial score (nSPS) is 10.5. The Morgan fingerprint density at radius 2 is 1.78 bits per heavy atom. The molecule has 6 nitrogen and oxygen atoms in total. The van der Waals surface area contributed by atoms with Crippen LogP contribution >= 0.6 is 27.5 Å². The number of methoxy groups -OCH3 is 2. The molecule has 2 aromatic carbocycles. The van der Waals surface area contributed by atoms with E-state index in [1.165, 1.54) is 14.2 Å². The third-order valence-electron chi connectivity index (χ3n) is 3.82. The Morgan fingerprint density at radius 3 is 2.37 bits per heavy atom. The van der Waals surface area contributed by atoms with Crippen LogP contribution in [0.25, 0.3) is 0 Å². The molecule has 1 amide bonds.